The van der Waals surface area contributed by atoms with Gasteiger partial charge in [-0.05, 0) is 18.6 Å². The lowest BCUT2D eigenvalue weighted by atomic mass is 10.2. The zero-order valence-corrected chi connectivity index (χ0v) is 11.4. The molecule has 0 amide bonds. The summed E-state index contributed by atoms with van der Waals surface area (Å²) < 4.78 is 4.60. The molecule has 0 saturated carbocycles. The van der Waals surface area contributed by atoms with Crippen LogP contribution in [0.15, 0.2) is 23.6 Å². The second-order valence-corrected chi connectivity index (χ2v) is 4.85. The highest BCUT2D eigenvalue weighted by Crippen LogP contribution is 2.30. The van der Waals surface area contributed by atoms with Crippen molar-refractivity contribution < 1.29 is 9.53 Å². The predicted molar refractivity (Wildman–Crippen MR) is 72.9 cm³/mol. The van der Waals surface area contributed by atoms with Crippen LogP contribution in [0.1, 0.15) is 16.1 Å². The number of methoxy groups -OCH3 is 1. The lowest BCUT2D eigenvalue weighted by Gasteiger charge is -2.08. The van der Waals surface area contributed by atoms with Gasteiger partial charge in [-0.15, -0.1) is 11.3 Å². The Balaban J connectivity index is 2.24. The number of hydrogen-bond acceptors (Lipinski definition) is 5. The van der Waals surface area contributed by atoms with E-state index in [1.165, 1.54) is 18.4 Å². The van der Waals surface area contributed by atoms with Gasteiger partial charge < -0.3 is 10.1 Å². The first-order chi connectivity index (χ1) is 8.61. The molecule has 0 fully saturated rings. The summed E-state index contributed by atoms with van der Waals surface area (Å²) in [6.45, 7) is 1.95. The molecule has 0 saturated heterocycles. The Morgan fingerprint density at radius 1 is 1.50 bits per heavy atom. The average molecular weight is 283 g/mol. The van der Waals surface area contributed by atoms with Crippen molar-refractivity contribution in [1.29, 1.82) is 0 Å². The number of ether oxygens (including phenoxy) is 1. The fraction of sp³-hybridized carbons (Fsp3) is 0.167. The molecule has 4 nitrogen and oxygen atoms in total. The number of nitrogens with one attached hydrogen (secondary N) is 1. The van der Waals surface area contributed by atoms with E-state index in [2.05, 4.69) is 15.0 Å². The van der Waals surface area contributed by atoms with Gasteiger partial charge in [0.05, 0.1) is 17.8 Å². The van der Waals surface area contributed by atoms with Gasteiger partial charge in [-0.25, -0.2) is 9.78 Å². The van der Waals surface area contributed by atoms with Crippen molar-refractivity contribution >= 4 is 39.7 Å². The molecule has 94 valence electrons. The lowest BCUT2D eigenvalue weighted by Crippen LogP contribution is -2.01. The Kier molecular flexibility index (Phi) is 3.84. The summed E-state index contributed by atoms with van der Waals surface area (Å²) >= 11 is 7.42. The smallest absolute Gasteiger partial charge is 0.357 e. The minimum atomic E-state index is -0.449. The first kappa shape index (κ1) is 12.9. The molecule has 1 heterocycles. The van der Waals surface area contributed by atoms with E-state index in [0.717, 1.165) is 11.3 Å². The normalized spacial score (nSPS) is 10.2. The molecule has 2 aromatic rings. The largest absolute Gasteiger partial charge is 0.464 e. The summed E-state index contributed by atoms with van der Waals surface area (Å²) in [5, 5.41) is 5.97. The number of aromatic nitrogens is 1. The van der Waals surface area contributed by atoms with Crippen LogP contribution in [-0.2, 0) is 4.74 Å². The van der Waals surface area contributed by atoms with Crippen LogP contribution in [0.3, 0.4) is 0 Å². The van der Waals surface area contributed by atoms with Crippen LogP contribution in [0.2, 0.25) is 5.02 Å². The van der Waals surface area contributed by atoms with Crippen LogP contribution < -0.4 is 5.32 Å². The van der Waals surface area contributed by atoms with Gasteiger partial charge in [-0.3, -0.25) is 0 Å². The third-order valence-electron chi connectivity index (χ3n) is 2.35. The molecule has 0 bridgehead atoms. The van der Waals surface area contributed by atoms with Crippen molar-refractivity contribution in [2.45, 2.75) is 6.92 Å². The highest BCUT2D eigenvalue weighted by molar-refractivity contribution is 7.14. The predicted octanol–water partition coefficient (Wildman–Crippen LogP) is 3.64. The number of carbonyl (C=O) groups excluding carboxylic acids is 1. The molecule has 0 atom stereocenters. The molecule has 6 heteroatoms. The number of halogens is 1. The van der Waals surface area contributed by atoms with Crippen molar-refractivity contribution in [1.82, 2.24) is 4.98 Å². The number of thiazole rings is 1. The number of rotatable bonds is 3. The molecule has 1 aromatic heterocycles. The van der Waals surface area contributed by atoms with E-state index in [-0.39, 0.29) is 5.69 Å². The van der Waals surface area contributed by atoms with Gasteiger partial charge in [-0.2, -0.15) is 0 Å². The number of esters is 1. The maximum absolute atomic E-state index is 11.3. The zero-order valence-electron chi connectivity index (χ0n) is 9.86. The number of hydrogen-bond donors (Lipinski definition) is 1. The Morgan fingerprint density at radius 2 is 2.28 bits per heavy atom. The molecule has 1 aromatic carbocycles. The van der Waals surface area contributed by atoms with E-state index in [4.69, 9.17) is 11.6 Å². The molecule has 2 rings (SSSR count). The second kappa shape index (κ2) is 5.37. The van der Waals surface area contributed by atoms with Crippen LogP contribution in [0.25, 0.3) is 0 Å². The van der Waals surface area contributed by atoms with Crippen LogP contribution >= 0.6 is 22.9 Å². The SMILES string of the molecule is COC(=O)c1csc(Nc2c(C)cccc2Cl)n1. The summed E-state index contributed by atoms with van der Waals surface area (Å²) in [7, 11) is 1.33. The van der Waals surface area contributed by atoms with Gasteiger partial charge in [0.15, 0.2) is 10.8 Å². The Hall–Kier alpha value is -1.59. The van der Waals surface area contributed by atoms with Gasteiger partial charge in [0, 0.05) is 5.38 Å². The van der Waals surface area contributed by atoms with Crippen LogP contribution in [0.4, 0.5) is 10.8 Å². The monoisotopic (exact) mass is 282 g/mol. The number of para-hydroxylation sites is 1. The van der Waals surface area contributed by atoms with E-state index in [1.54, 1.807) is 11.4 Å². The quantitative estimate of drug-likeness (QED) is 0.873. The van der Waals surface area contributed by atoms with Crippen molar-refractivity contribution in [3.8, 4) is 0 Å². The number of benzene rings is 1. The molecule has 0 aliphatic rings. The summed E-state index contributed by atoms with van der Waals surface area (Å²) in [4.78, 5) is 15.4. The maximum atomic E-state index is 11.3. The van der Waals surface area contributed by atoms with Gasteiger partial charge in [0.1, 0.15) is 0 Å². The van der Waals surface area contributed by atoms with Gasteiger partial charge in [0.25, 0.3) is 0 Å². The highest BCUT2D eigenvalue weighted by Gasteiger charge is 2.12. The molecule has 18 heavy (non-hydrogen) atoms. The fourth-order valence-corrected chi connectivity index (χ4v) is 2.38. The maximum Gasteiger partial charge on any atom is 0.357 e. The van der Waals surface area contributed by atoms with Gasteiger partial charge in [-0.1, -0.05) is 23.7 Å². The van der Waals surface area contributed by atoms with E-state index in [9.17, 15) is 4.79 Å². The molecule has 1 N–H and O–H groups in total. The van der Waals surface area contributed by atoms with Crippen LogP contribution in [0.5, 0.6) is 0 Å². The Morgan fingerprint density at radius 3 is 2.94 bits per heavy atom. The lowest BCUT2D eigenvalue weighted by molar-refractivity contribution is 0.0595. The van der Waals surface area contributed by atoms with E-state index < -0.39 is 5.97 Å². The molecule has 0 radical (unpaired) electrons. The summed E-state index contributed by atoms with van der Waals surface area (Å²) in [6, 6.07) is 5.62. The van der Waals surface area contributed by atoms with Crippen molar-refractivity contribution in [3.05, 3.63) is 39.9 Å². The number of carbonyl (C=O) groups is 1. The number of anilines is 2. The van der Waals surface area contributed by atoms with E-state index >= 15 is 0 Å². The Labute approximate surface area is 114 Å². The van der Waals surface area contributed by atoms with Crippen LogP contribution in [0, 0.1) is 6.92 Å². The molecule has 0 unspecified atom stereocenters. The standard InChI is InChI=1S/C12H11ClN2O2S/c1-7-4-3-5-8(13)10(7)15-12-14-9(6-18-12)11(16)17-2/h3-6H,1-2H3,(H,14,15). The van der Waals surface area contributed by atoms with E-state index in [0.29, 0.717) is 10.2 Å². The first-order valence-electron chi connectivity index (χ1n) is 5.18. The third-order valence-corrected chi connectivity index (χ3v) is 3.43. The van der Waals surface area contributed by atoms with Gasteiger partial charge >= 0.3 is 5.97 Å². The van der Waals surface area contributed by atoms with Crippen molar-refractivity contribution in [3.63, 3.8) is 0 Å². The van der Waals surface area contributed by atoms with Crippen molar-refractivity contribution in [2.75, 3.05) is 12.4 Å². The topological polar surface area (TPSA) is 51.2 Å². The summed E-state index contributed by atoms with van der Waals surface area (Å²) in [6.07, 6.45) is 0. The average Bonchev–Trinajstić information content (AvgIpc) is 2.81. The number of aryl methyl sites for hydroxylation is 1. The molecular formula is C12H11ClN2O2S. The van der Waals surface area contributed by atoms with Gasteiger partial charge in [0.2, 0.25) is 0 Å². The third kappa shape index (κ3) is 2.63. The molecular weight excluding hydrogens is 272 g/mol. The van der Waals surface area contributed by atoms with Crippen LogP contribution in [-0.4, -0.2) is 18.1 Å². The fourth-order valence-electron chi connectivity index (χ4n) is 1.43. The first-order valence-corrected chi connectivity index (χ1v) is 6.43. The summed E-state index contributed by atoms with van der Waals surface area (Å²) in [5.41, 5.74) is 2.09. The second-order valence-electron chi connectivity index (χ2n) is 3.59. The molecule has 0 spiro atoms. The minimum absolute atomic E-state index is 0.287. The Bertz CT molecular complexity index is 563. The summed E-state index contributed by atoms with van der Waals surface area (Å²) in [5.74, 6) is -0.449. The highest BCUT2D eigenvalue weighted by atomic mass is 35.5. The van der Waals surface area contributed by atoms with E-state index in [1.807, 2.05) is 19.1 Å². The zero-order chi connectivity index (χ0) is 13.1. The molecule has 0 aliphatic carbocycles. The number of nitrogens with zero attached hydrogens (tertiary/aromatic N) is 1. The molecule has 0 aliphatic heterocycles. The minimum Gasteiger partial charge on any atom is -0.464 e. The van der Waals surface area contributed by atoms with Crippen molar-refractivity contribution in [2.24, 2.45) is 0 Å².